The lowest BCUT2D eigenvalue weighted by molar-refractivity contribution is -0.135. The fourth-order valence-corrected chi connectivity index (χ4v) is 2.96. The van der Waals surface area contributed by atoms with Crippen molar-refractivity contribution in [2.45, 2.75) is 13.0 Å². The van der Waals surface area contributed by atoms with E-state index >= 15 is 0 Å². The highest BCUT2D eigenvalue weighted by Gasteiger charge is 2.18. The van der Waals surface area contributed by atoms with E-state index < -0.39 is 0 Å². The monoisotopic (exact) mass is 268 g/mol. The summed E-state index contributed by atoms with van der Waals surface area (Å²) >= 11 is 1.80. The molecule has 0 N–H and O–H groups in total. The minimum atomic E-state index is 0.107. The van der Waals surface area contributed by atoms with E-state index in [0.717, 1.165) is 39.1 Å². The number of carbonyl (C=O) groups is 1. The zero-order valence-electron chi connectivity index (χ0n) is 10.8. The summed E-state index contributed by atoms with van der Waals surface area (Å²) in [4.78, 5) is 17.5. The molecule has 4 nitrogen and oxygen atoms in total. The van der Waals surface area contributed by atoms with E-state index in [0.29, 0.717) is 0 Å². The van der Waals surface area contributed by atoms with Gasteiger partial charge in [0, 0.05) is 44.7 Å². The molecule has 0 bridgehead atoms. The number of nitrogens with zero attached hydrogens (tertiary/aromatic N) is 2. The van der Waals surface area contributed by atoms with Gasteiger partial charge in [-0.25, -0.2) is 0 Å². The number of hydrogen-bond acceptors (Lipinski definition) is 4. The van der Waals surface area contributed by atoms with Crippen LogP contribution in [0.1, 0.15) is 11.3 Å². The third-order valence-electron chi connectivity index (χ3n) is 3.17. The maximum atomic E-state index is 11.8. The van der Waals surface area contributed by atoms with E-state index in [1.54, 1.807) is 18.4 Å². The molecule has 0 aromatic carbocycles. The van der Waals surface area contributed by atoms with Crippen molar-refractivity contribution >= 4 is 17.2 Å². The molecule has 1 saturated heterocycles. The van der Waals surface area contributed by atoms with Crippen LogP contribution in [0, 0.1) is 0 Å². The van der Waals surface area contributed by atoms with Gasteiger partial charge in [0.15, 0.2) is 0 Å². The first-order chi connectivity index (χ1) is 8.79. The first-order valence-electron chi connectivity index (χ1n) is 6.31. The topological polar surface area (TPSA) is 32.8 Å². The van der Waals surface area contributed by atoms with Crippen molar-refractivity contribution in [3.05, 3.63) is 22.4 Å². The number of rotatable bonds is 4. The van der Waals surface area contributed by atoms with Gasteiger partial charge in [0.2, 0.25) is 5.91 Å². The summed E-state index contributed by atoms with van der Waals surface area (Å²) in [7, 11) is 1.57. The number of hydrogen-bond donors (Lipinski definition) is 0. The average Bonchev–Trinajstić information content (AvgIpc) is 2.74. The molecular formula is C13H20N2O2S. The van der Waals surface area contributed by atoms with E-state index in [-0.39, 0.29) is 12.5 Å². The van der Waals surface area contributed by atoms with Crippen LogP contribution in [0.25, 0.3) is 0 Å². The van der Waals surface area contributed by atoms with Crippen molar-refractivity contribution in [2.24, 2.45) is 0 Å². The summed E-state index contributed by atoms with van der Waals surface area (Å²) in [6, 6.07) is 4.26. The van der Waals surface area contributed by atoms with Crippen LogP contribution in [0.15, 0.2) is 17.5 Å². The number of ether oxygens (including phenoxy) is 1. The fraction of sp³-hybridized carbons (Fsp3) is 0.615. The third kappa shape index (κ3) is 3.80. The van der Waals surface area contributed by atoms with Crippen LogP contribution in [0.3, 0.4) is 0 Å². The molecule has 0 atom stereocenters. The average molecular weight is 268 g/mol. The zero-order valence-corrected chi connectivity index (χ0v) is 11.6. The molecule has 1 aromatic rings. The van der Waals surface area contributed by atoms with E-state index in [1.165, 1.54) is 4.88 Å². The summed E-state index contributed by atoms with van der Waals surface area (Å²) in [6.07, 6.45) is 1.04. The Labute approximate surface area is 112 Å². The van der Waals surface area contributed by atoms with Crippen LogP contribution >= 0.6 is 11.3 Å². The molecule has 5 heteroatoms. The number of methoxy groups -OCH3 is 1. The van der Waals surface area contributed by atoms with Crippen molar-refractivity contribution in [1.82, 2.24) is 9.80 Å². The third-order valence-corrected chi connectivity index (χ3v) is 4.03. The lowest BCUT2D eigenvalue weighted by atomic mass is 10.3. The maximum Gasteiger partial charge on any atom is 0.248 e. The molecular weight excluding hydrogens is 248 g/mol. The summed E-state index contributed by atoms with van der Waals surface area (Å²) in [5, 5.41) is 2.11. The first kappa shape index (κ1) is 13.5. The van der Waals surface area contributed by atoms with Crippen LogP contribution in [-0.4, -0.2) is 55.6 Å². The predicted molar refractivity (Wildman–Crippen MR) is 72.7 cm³/mol. The van der Waals surface area contributed by atoms with Crippen molar-refractivity contribution in [1.29, 1.82) is 0 Å². The van der Waals surface area contributed by atoms with Crippen molar-refractivity contribution in [3.63, 3.8) is 0 Å². The smallest absolute Gasteiger partial charge is 0.248 e. The second-order valence-corrected chi connectivity index (χ2v) is 5.56. The maximum absolute atomic E-state index is 11.8. The summed E-state index contributed by atoms with van der Waals surface area (Å²) in [6.45, 7) is 4.88. The molecule has 1 aromatic heterocycles. The molecule has 18 heavy (non-hydrogen) atoms. The summed E-state index contributed by atoms with van der Waals surface area (Å²) < 4.78 is 4.91. The SMILES string of the molecule is COCC(=O)N1CCCN(Cc2cccs2)CC1. The van der Waals surface area contributed by atoms with Crippen LogP contribution in [0.4, 0.5) is 0 Å². The van der Waals surface area contributed by atoms with Crippen LogP contribution in [0.5, 0.6) is 0 Å². The Morgan fingerprint density at radius 2 is 2.28 bits per heavy atom. The first-order valence-corrected chi connectivity index (χ1v) is 7.19. The highest BCUT2D eigenvalue weighted by atomic mass is 32.1. The van der Waals surface area contributed by atoms with Crippen molar-refractivity contribution < 1.29 is 9.53 Å². The second-order valence-electron chi connectivity index (χ2n) is 4.52. The molecule has 0 radical (unpaired) electrons. The normalized spacial score (nSPS) is 17.7. The lowest BCUT2D eigenvalue weighted by Gasteiger charge is -2.21. The molecule has 0 aliphatic carbocycles. The van der Waals surface area contributed by atoms with Crippen LogP contribution in [-0.2, 0) is 16.1 Å². The van der Waals surface area contributed by atoms with E-state index in [9.17, 15) is 4.79 Å². The minimum Gasteiger partial charge on any atom is -0.375 e. The standard InChI is InChI=1S/C13H20N2O2S/c1-17-11-13(16)15-6-3-5-14(7-8-15)10-12-4-2-9-18-12/h2,4,9H,3,5-8,10-11H2,1H3. The van der Waals surface area contributed by atoms with Gasteiger partial charge >= 0.3 is 0 Å². The highest BCUT2D eigenvalue weighted by Crippen LogP contribution is 2.13. The van der Waals surface area contributed by atoms with Gasteiger partial charge in [0.25, 0.3) is 0 Å². The Balaban J connectivity index is 1.82. The summed E-state index contributed by atoms with van der Waals surface area (Å²) in [5.74, 6) is 0.107. The molecule has 1 aliphatic heterocycles. The summed E-state index contributed by atoms with van der Waals surface area (Å²) in [5.41, 5.74) is 0. The predicted octanol–water partition coefficient (Wildman–Crippen LogP) is 1.43. The lowest BCUT2D eigenvalue weighted by Crippen LogP contribution is -2.37. The highest BCUT2D eigenvalue weighted by molar-refractivity contribution is 7.09. The van der Waals surface area contributed by atoms with Crippen LogP contribution in [0.2, 0.25) is 0 Å². The van der Waals surface area contributed by atoms with Gasteiger partial charge in [-0.3, -0.25) is 9.69 Å². The molecule has 2 rings (SSSR count). The Morgan fingerprint density at radius 3 is 3.00 bits per heavy atom. The number of thiophene rings is 1. The van der Waals surface area contributed by atoms with Gasteiger partial charge < -0.3 is 9.64 Å². The Morgan fingerprint density at radius 1 is 1.39 bits per heavy atom. The van der Waals surface area contributed by atoms with Gasteiger partial charge in [0.1, 0.15) is 6.61 Å². The molecule has 1 amide bonds. The van der Waals surface area contributed by atoms with Gasteiger partial charge in [-0.2, -0.15) is 0 Å². The van der Waals surface area contributed by atoms with E-state index in [2.05, 4.69) is 22.4 Å². The molecule has 1 aliphatic rings. The van der Waals surface area contributed by atoms with Gasteiger partial charge in [-0.05, 0) is 17.9 Å². The number of amides is 1. The second kappa shape index (κ2) is 6.87. The fourth-order valence-electron chi connectivity index (χ4n) is 2.22. The molecule has 0 unspecified atom stereocenters. The molecule has 1 fully saturated rings. The van der Waals surface area contributed by atoms with Crippen molar-refractivity contribution in [3.8, 4) is 0 Å². The molecule has 0 saturated carbocycles. The molecule has 0 spiro atoms. The van der Waals surface area contributed by atoms with E-state index in [1.807, 2.05) is 4.90 Å². The van der Waals surface area contributed by atoms with Crippen molar-refractivity contribution in [2.75, 3.05) is 39.9 Å². The molecule has 2 heterocycles. The number of carbonyl (C=O) groups excluding carboxylic acids is 1. The van der Waals surface area contributed by atoms with Gasteiger partial charge in [-0.15, -0.1) is 11.3 Å². The Bertz CT molecular complexity index is 367. The van der Waals surface area contributed by atoms with Gasteiger partial charge in [0.05, 0.1) is 0 Å². The van der Waals surface area contributed by atoms with Gasteiger partial charge in [-0.1, -0.05) is 6.07 Å². The minimum absolute atomic E-state index is 0.107. The zero-order chi connectivity index (χ0) is 12.8. The largest absolute Gasteiger partial charge is 0.375 e. The Kier molecular flexibility index (Phi) is 5.16. The quantitative estimate of drug-likeness (QED) is 0.828. The van der Waals surface area contributed by atoms with Crippen LogP contribution < -0.4 is 0 Å². The van der Waals surface area contributed by atoms with E-state index in [4.69, 9.17) is 4.74 Å². The molecule has 100 valence electrons. The Hall–Kier alpha value is -0.910.